The minimum Gasteiger partial charge on any atom is -0.411 e. The highest BCUT2D eigenvalue weighted by Gasteiger charge is 2.47. The molecule has 3 atom stereocenters. The molecule has 1 N–H and O–H groups in total. The maximum atomic E-state index is 9.15. The first kappa shape index (κ1) is 11.4. The minimum atomic E-state index is 0.305. The van der Waals surface area contributed by atoms with Crippen molar-refractivity contribution in [2.75, 3.05) is 13.1 Å². The van der Waals surface area contributed by atoms with Gasteiger partial charge < -0.3 is 5.21 Å². The standard InChI is InChI=1S/C13H20N2O/c1-3-7-15(8-4-2)13-11-6-5-10(9-11)12(13)14-16/h3-4,10-11,13,16H,1-2,5-9H2/b14-12+. The van der Waals surface area contributed by atoms with Crippen LogP contribution >= 0.6 is 0 Å². The van der Waals surface area contributed by atoms with E-state index in [0.717, 1.165) is 18.8 Å². The van der Waals surface area contributed by atoms with Crippen LogP contribution in [0, 0.1) is 11.8 Å². The molecule has 0 aromatic carbocycles. The van der Waals surface area contributed by atoms with E-state index in [2.05, 4.69) is 23.2 Å². The molecule has 2 aliphatic rings. The number of hydrogen-bond donors (Lipinski definition) is 1. The molecule has 0 aliphatic heterocycles. The molecule has 0 radical (unpaired) electrons. The lowest BCUT2D eigenvalue weighted by Crippen LogP contribution is -2.45. The first-order valence-corrected chi connectivity index (χ1v) is 5.99. The molecule has 16 heavy (non-hydrogen) atoms. The average molecular weight is 220 g/mol. The van der Waals surface area contributed by atoms with Crippen molar-refractivity contribution in [3.63, 3.8) is 0 Å². The van der Waals surface area contributed by atoms with E-state index in [1.807, 2.05) is 12.2 Å². The molecule has 3 nitrogen and oxygen atoms in total. The Balaban J connectivity index is 2.16. The van der Waals surface area contributed by atoms with Crippen molar-refractivity contribution < 1.29 is 5.21 Å². The van der Waals surface area contributed by atoms with Gasteiger partial charge in [-0.25, -0.2) is 0 Å². The van der Waals surface area contributed by atoms with E-state index < -0.39 is 0 Å². The summed E-state index contributed by atoms with van der Waals surface area (Å²) in [4.78, 5) is 2.30. The fraction of sp³-hybridized carbons (Fsp3) is 0.615. The molecule has 2 saturated carbocycles. The van der Waals surface area contributed by atoms with Gasteiger partial charge in [0, 0.05) is 19.0 Å². The molecule has 3 heteroatoms. The van der Waals surface area contributed by atoms with E-state index in [1.54, 1.807) is 0 Å². The van der Waals surface area contributed by atoms with Gasteiger partial charge in [0.15, 0.2) is 0 Å². The van der Waals surface area contributed by atoms with Gasteiger partial charge in [-0.05, 0) is 25.2 Å². The molecule has 0 spiro atoms. The predicted octanol–water partition coefficient (Wildman–Crippen LogP) is 2.29. The van der Waals surface area contributed by atoms with Crippen LogP contribution in [0.1, 0.15) is 19.3 Å². The van der Waals surface area contributed by atoms with Crippen molar-refractivity contribution in [1.29, 1.82) is 0 Å². The van der Waals surface area contributed by atoms with Gasteiger partial charge in [0.25, 0.3) is 0 Å². The molecule has 88 valence electrons. The maximum absolute atomic E-state index is 9.15. The van der Waals surface area contributed by atoms with Gasteiger partial charge in [0.1, 0.15) is 0 Å². The maximum Gasteiger partial charge on any atom is 0.0775 e. The molecule has 0 amide bonds. The summed E-state index contributed by atoms with van der Waals surface area (Å²) >= 11 is 0. The number of oxime groups is 1. The Bertz CT molecular complexity index is 301. The normalized spacial score (nSPS) is 34.8. The summed E-state index contributed by atoms with van der Waals surface area (Å²) in [7, 11) is 0. The Morgan fingerprint density at radius 1 is 1.31 bits per heavy atom. The van der Waals surface area contributed by atoms with Crippen LogP contribution in [0.25, 0.3) is 0 Å². The third-order valence-electron chi connectivity index (χ3n) is 3.88. The van der Waals surface area contributed by atoms with Gasteiger partial charge in [-0.15, -0.1) is 13.2 Å². The molecule has 0 saturated heterocycles. The molecule has 2 rings (SSSR count). The van der Waals surface area contributed by atoms with Crippen molar-refractivity contribution in [3.05, 3.63) is 25.3 Å². The summed E-state index contributed by atoms with van der Waals surface area (Å²) in [5, 5.41) is 12.7. The molecule has 0 aromatic heterocycles. The van der Waals surface area contributed by atoms with E-state index in [1.165, 1.54) is 19.3 Å². The zero-order valence-electron chi connectivity index (χ0n) is 9.68. The van der Waals surface area contributed by atoms with Crippen molar-refractivity contribution in [2.24, 2.45) is 17.0 Å². The largest absolute Gasteiger partial charge is 0.411 e. The van der Waals surface area contributed by atoms with E-state index in [-0.39, 0.29) is 0 Å². The minimum absolute atomic E-state index is 0.305. The topological polar surface area (TPSA) is 35.8 Å². The Hall–Kier alpha value is -1.09. The van der Waals surface area contributed by atoms with Gasteiger partial charge in [0.2, 0.25) is 0 Å². The monoisotopic (exact) mass is 220 g/mol. The highest BCUT2D eigenvalue weighted by molar-refractivity contribution is 5.94. The molecule has 0 heterocycles. The Kier molecular flexibility index (Phi) is 3.44. The Morgan fingerprint density at radius 3 is 2.56 bits per heavy atom. The summed E-state index contributed by atoms with van der Waals surface area (Å²) < 4.78 is 0. The lowest BCUT2D eigenvalue weighted by atomic mass is 9.92. The average Bonchev–Trinajstić information content (AvgIpc) is 2.88. The quantitative estimate of drug-likeness (QED) is 0.438. The van der Waals surface area contributed by atoms with Gasteiger partial charge in [-0.1, -0.05) is 17.3 Å². The lowest BCUT2D eigenvalue weighted by molar-refractivity contribution is 0.228. The number of hydrogen-bond acceptors (Lipinski definition) is 3. The zero-order valence-corrected chi connectivity index (χ0v) is 9.68. The summed E-state index contributed by atoms with van der Waals surface area (Å²) in [5.74, 6) is 1.17. The highest BCUT2D eigenvalue weighted by Crippen LogP contribution is 2.44. The predicted molar refractivity (Wildman–Crippen MR) is 65.8 cm³/mol. The zero-order chi connectivity index (χ0) is 11.5. The Labute approximate surface area is 97.1 Å². The van der Waals surface area contributed by atoms with Crippen molar-refractivity contribution in [3.8, 4) is 0 Å². The van der Waals surface area contributed by atoms with Crippen LogP contribution in [0.5, 0.6) is 0 Å². The lowest BCUT2D eigenvalue weighted by Gasteiger charge is -2.33. The third-order valence-corrected chi connectivity index (χ3v) is 3.88. The van der Waals surface area contributed by atoms with Crippen LogP contribution in [-0.4, -0.2) is 35.0 Å². The van der Waals surface area contributed by atoms with E-state index >= 15 is 0 Å². The number of fused-ring (bicyclic) bond motifs is 2. The fourth-order valence-electron chi connectivity index (χ4n) is 3.31. The summed E-state index contributed by atoms with van der Waals surface area (Å²) in [6.45, 7) is 9.24. The number of rotatable bonds is 5. The molecule has 2 aliphatic carbocycles. The molecule has 2 bridgehead atoms. The summed E-state index contributed by atoms with van der Waals surface area (Å²) in [6, 6.07) is 0.305. The first-order chi connectivity index (χ1) is 7.81. The van der Waals surface area contributed by atoms with Crippen LogP contribution in [-0.2, 0) is 0 Å². The van der Waals surface area contributed by atoms with Crippen LogP contribution in [0.15, 0.2) is 30.5 Å². The fourth-order valence-corrected chi connectivity index (χ4v) is 3.31. The van der Waals surface area contributed by atoms with Crippen molar-refractivity contribution >= 4 is 5.71 Å². The van der Waals surface area contributed by atoms with E-state index in [0.29, 0.717) is 17.9 Å². The van der Waals surface area contributed by atoms with Gasteiger partial charge in [-0.2, -0.15) is 0 Å². The molecule has 3 unspecified atom stereocenters. The molecule has 0 aromatic rings. The second-order valence-electron chi connectivity index (χ2n) is 4.77. The molecular formula is C13H20N2O. The first-order valence-electron chi connectivity index (χ1n) is 5.99. The molecular weight excluding hydrogens is 200 g/mol. The van der Waals surface area contributed by atoms with Gasteiger partial charge in [0.05, 0.1) is 11.8 Å². The van der Waals surface area contributed by atoms with Crippen molar-refractivity contribution in [2.45, 2.75) is 25.3 Å². The highest BCUT2D eigenvalue weighted by atomic mass is 16.4. The van der Waals surface area contributed by atoms with Crippen molar-refractivity contribution in [1.82, 2.24) is 4.90 Å². The van der Waals surface area contributed by atoms with Gasteiger partial charge in [-0.3, -0.25) is 4.90 Å². The van der Waals surface area contributed by atoms with E-state index in [9.17, 15) is 0 Å². The second kappa shape index (κ2) is 4.83. The molecule has 2 fully saturated rings. The van der Waals surface area contributed by atoms with Crippen LogP contribution in [0.2, 0.25) is 0 Å². The van der Waals surface area contributed by atoms with E-state index in [4.69, 9.17) is 5.21 Å². The van der Waals surface area contributed by atoms with Crippen LogP contribution in [0.4, 0.5) is 0 Å². The summed E-state index contributed by atoms with van der Waals surface area (Å²) in [5.41, 5.74) is 0.986. The SMILES string of the molecule is C=CCN(CC=C)C1/C(=N/O)C2CCC1C2. The van der Waals surface area contributed by atoms with Crippen LogP contribution < -0.4 is 0 Å². The third kappa shape index (κ3) is 1.80. The number of nitrogens with zero attached hydrogens (tertiary/aromatic N) is 2. The van der Waals surface area contributed by atoms with Crippen LogP contribution in [0.3, 0.4) is 0 Å². The smallest absolute Gasteiger partial charge is 0.0775 e. The second-order valence-corrected chi connectivity index (χ2v) is 4.77. The summed E-state index contributed by atoms with van der Waals surface area (Å²) in [6.07, 6.45) is 7.46. The van der Waals surface area contributed by atoms with Gasteiger partial charge >= 0.3 is 0 Å². The Morgan fingerprint density at radius 2 is 2.00 bits per heavy atom.